The fourth-order valence-electron chi connectivity index (χ4n) is 1.27. The largest absolute Gasteiger partial charge is 0.506 e. The van der Waals surface area contributed by atoms with Gasteiger partial charge in [-0.1, -0.05) is 13.0 Å². The van der Waals surface area contributed by atoms with Gasteiger partial charge in [-0.3, -0.25) is 4.79 Å². The molecule has 0 aliphatic rings. The van der Waals surface area contributed by atoms with E-state index in [1.54, 1.807) is 19.1 Å². The number of nitrogen functional groups attached to an aromatic ring is 1. The van der Waals surface area contributed by atoms with E-state index in [1.165, 1.54) is 6.07 Å². The predicted molar refractivity (Wildman–Crippen MR) is 65.9 cm³/mol. The van der Waals surface area contributed by atoms with Gasteiger partial charge in [-0.05, 0) is 25.5 Å². The van der Waals surface area contributed by atoms with Crippen LogP contribution in [0.3, 0.4) is 0 Å². The van der Waals surface area contributed by atoms with Crippen molar-refractivity contribution in [1.29, 1.82) is 0 Å². The topological polar surface area (TPSA) is 84.6 Å². The van der Waals surface area contributed by atoms with Crippen LogP contribution < -0.4 is 15.8 Å². The second kappa shape index (κ2) is 5.98. The van der Waals surface area contributed by atoms with Crippen LogP contribution in [0, 0.1) is 0 Å². The highest BCUT2D eigenvalue weighted by Gasteiger charge is 2.15. The monoisotopic (exact) mass is 238 g/mol. The van der Waals surface area contributed by atoms with Crippen molar-refractivity contribution < 1.29 is 14.6 Å². The van der Waals surface area contributed by atoms with E-state index in [1.807, 2.05) is 6.92 Å². The Balaban J connectivity index is 2.64. The van der Waals surface area contributed by atoms with Crippen LogP contribution in [0.15, 0.2) is 18.2 Å². The smallest absolute Gasteiger partial charge is 0.260 e. The molecule has 94 valence electrons. The summed E-state index contributed by atoms with van der Waals surface area (Å²) in [5, 5.41) is 12.1. The van der Waals surface area contributed by atoms with Crippen molar-refractivity contribution in [3.05, 3.63) is 18.2 Å². The number of ether oxygens (including phenoxy) is 1. The molecule has 1 atom stereocenters. The SMILES string of the molecule is CCCNC(=O)C(C)Oc1cccc(O)c1N. The van der Waals surface area contributed by atoms with Gasteiger partial charge in [0.1, 0.15) is 17.2 Å². The number of hydrogen-bond donors (Lipinski definition) is 3. The molecule has 1 aromatic rings. The second-order valence-corrected chi connectivity index (χ2v) is 3.74. The lowest BCUT2D eigenvalue weighted by molar-refractivity contribution is -0.127. The molecule has 0 bridgehead atoms. The van der Waals surface area contributed by atoms with Crippen LogP contribution in [-0.2, 0) is 4.79 Å². The van der Waals surface area contributed by atoms with Gasteiger partial charge < -0.3 is 20.9 Å². The van der Waals surface area contributed by atoms with E-state index < -0.39 is 6.10 Å². The molecular formula is C12H18N2O3. The summed E-state index contributed by atoms with van der Waals surface area (Å²) in [5.41, 5.74) is 5.77. The molecule has 4 N–H and O–H groups in total. The molecule has 1 amide bonds. The van der Waals surface area contributed by atoms with Crippen LogP contribution in [0.5, 0.6) is 11.5 Å². The highest BCUT2D eigenvalue weighted by molar-refractivity contribution is 5.81. The number of carbonyl (C=O) groups excluding carboxylic acids is 1. The molecule has 1 unspecified atom stereocenters. The Hall–Kier alpha value is -1.91. The van der Waals surface area contributed by atoms with E-state index in [-0.39, 0.29) is 17.3 Å². The Kier molecular flexibility index (Phi) is 4.63. The number of nitrogens with two attached hydrogens (primary N) is 1. The minimum Gasteiger partial charge on any atom is -0.506 e. The average Bonchev–Trinajstić information content (AvgIpc) is 2.31. The second-order valence-electron chi connectivity index (χ2n) is 3.74. The van der Waals surface area contributed by atoms with Crippen LogP contribution in [0.25, 0.3) is 0 Å². The van der Waals surface area contributed by atoms with Gasteiger partial charge in [0.25, 0.3) is 5.91 Å². The van der Waals surface area contributed by atoms with Gasteiger partial charge in [-0.2, -0.15) is 0 Å². The zero-order valence-electron chi connectivity index (χ0n) is 10.1. The predicted octanol–water partition coefficient (Wildman–Crippen LogP) is 1.27. The number of carbonyl (C=O) groups is 1. The minimum atomic E-state index is -0.648. The molecule has 0 spiro atoms. The van der Waals surface area contributed by atoms with Crippen molar-refractivity contribution in [3.8, 4) is 11.5 Å². The van der Waals surface area contributed by atoms with Gasteiger partial charge in [0.2, 0.25) is 0 Å². The fourth-order valence-corrected chi connectivity index (χ4v) is 1.27. The maximum absolute atomic E-state index is 11.6. The van der Waals surface area contributed by atoms with E-state index in [0.717, 1.165) is 6.42 Å². The third-order valence-electron chi connectivity index (χ3n) is 2.27. The van der Waals surface area contributed by atoms with Gasteiger partial charge in [0, 0.05) is 6.54 Å². The normalized spacial score (nSPS) is 11.9. The fraction of sp³-hybridized carbons (Fsp3) is 0.417. The first kappa shape index (κ1) is 13.2. The van der Waals surface area contributed by atoms with Crippen LogP contribution in [0.1, 0.15) is 20.3 Å². The molecular weight excluding hydrogens is 220 g/mol. The number of hydrogen-bond acceptors (Lipinski definition) is 4. The Morgan fingerprint density at radius 1 is 1.59 bits per heavy atom. The van der Waals surface area contributed by atoms with Gasteiger partial charge in [0.05, 0.1) is 0 Å². The third-order valence-corrected chi connectivity index (χ3v) is 2.27. The van der Waals surface area contributed by atoms with Gasteiger partial charge in [0.15, 0.2) is 6.10 Å². The Bertz CT molecular complexity index is 393. The van der Waals surface area contributed by atoms with Crippen LogP contribution >= 0.6 is 0 Å². The minimum absolute atomic E-state index is 0.0522. The highest BCUT2D eigenvalue weighted by atomic mass is 16.5. The summed E-state index contributed by atoms with van der Waals surface area (Å²) < 4.78 is 5.39. The molecule has 5 nitrogen and oxygen atoms in total. The van der Waals surface area contributed by atoms with Crippen molar-refractivity contribution in [2.24, 2.45) is 0 Å². The molecule has 0 saturated carbocycles. The summed E-state index contributed by atoms with van der Waals surface area (Å²) >= 11 is 0. The van der Waals surface area contributed by atoms with E-state index >= 15 is 0 Å². The zero-order valence-corrected chi connectivity index (χ0v) is 10.1. The summed E-state index contributed by atoms with van der Waals surface area (Å²) in [7, 11) is 0. The van der Waals surface area contributed by atoms with Crippen LogP contribution in [0.2, 0.25) is 0 Å². The standard InChI is InChI=1S/C12H18N2O3/c1-3-7-14-12(16)8(2)17-10-6-4-5-9(15)11(10)13/h4-6,8,15H,3,7,13H2,1-2H3,(H,14,16). The molecule has 17 heavy (non-hydrogen) atoms. The van der Waals surface area contributed by atoms with Gasteiger partial charge in [-0.15, -0.1) is 0 Å². The lowest BCUT2D eigenvalue weighted by Gasteiger charge is -2.16. The molecule has 0 radical (unpaired) electrons. The quantitative estimate of drug-likeness (QED) is 0.532. The molecule has 0 saturated heterocycles. The van der Waals surface area contributed by atoms with Crippen molar-refractivity contribution in [3.63, 3.8) is 0 Å². The maximum Gasteiger partial charge on any atom is 0.260 e. The highest BCUT2D eigenvalue weighted by Crippen LogP contribution is 2.30. The Morgan fingerprint density at radius 3 is 2.94 bits per heavy atom. The first-order chi connectivity index (χ1) is 8.06. The number of nitrogens with one attached hydrogen (secondary N) is 1. The molecule has 0 heterocycles. The molecule has 5 heteroatoms. The number of amides is 1. The summed E-state index contributed by atoms with van der Waals surface area (Å²) in [4.78, 5) is 11.6. The maximum atomic E-state index is 11.6. The Labute approximate surface area is 101 Å². The van der Waals surface area contributed by atoms with Crippen molar-refractivity contribution in [1.82, 2.24) is 5.32 Å². The number of benzene rings is 1. The van der Waals surface area contributed by atoms with E-state index in [9.17, 15) is 9.90 Å². The Morgan fingerprint density at radius 2 is 2.29 bits per heavy atom. The number of aromatic hydroxyl groups is 1. The molecule has 0 aliphatic carbocycles. The summed E-state index contributed by atoms with van der Waals surface area (Å²) in [6, 6.07) is 4.68. The molecule has 1 rings (SSSR count). The number of rotatable bonds is 5. The van der Waals surface area contributed by atoms with Crippen LogP contribution in [0.4, 0.5) is 5.69 Å². The van der Waals surface area contributed by atoms with Crippen molar-refractivity contribution >= 4 is 11.6 Å². The number of phenolic OH excluding ortho intramolecular Hbond substituents is 1. The lowest BCUT2D eigenvalue weighted by atomic mass is 10.2. The number of para-hydroxylation sites is 1. The van der Waals surface area contributed by atoms with Gasteiger partial charge >= 0.3 is 0 Å². The zero-order chi connectivity index (χ0) is 12.8. The van der Waals surface area contributed by atoms with Gasteiger partial charge in [-0.25, -0.2) is 0 Å². The number of phenols is 1. The first-order valence-corrected chi connectivity index (χ1v) is 5.58. The number of anilines is 1. The third kappa shape index (κ3) is 3.55. The summed E-state index contributed by atoms with van der Waals surface area (Å²) in [6.45, 7) is 4.22. The van der Waals surface area contributed by atoms with Crippen LogP contribution in [-0.4, -0.2) is 23.7 Å². The molecule has 0 fully saturated rings. The lowest BCUT2D eigenvalue weighted by Crippen LogP contribution is -2.36. The van der Waals surface area contributed by atoms with Crippen molar-refractivity contribution in [2.45, 2.75) is 26.4 Å². The van der Waals surface area contributed by atoms with E-state index in [2.05, 4.69) is 5.32 Å². The molecule has 1 aromatic carbocycles. The average molecular weight is 238 g/mol. The first-order valence-electron chi connectivity index (χ1n) is 5.58. The van der Waals surface area contributed by atoms with E-state index in [0.29, 0.717) is 12.3 Å². The van der Waals surface area contributed by atoms with E-state index in [4.69, 9.17) is 10.5 Å². The summed E-state index contributed by atoms with van der Waals surface area (Å²) in [5.74, 6) is 0.0578. The van der Waals surface area contributed by atoms with Crippen molar-refractivity contribution in [2.75, 3.05) is 12.3 Å². The molecule has 0 aliphatic heterocycles. The molecule has 0 aromatic heterocycles. The summed E-state index contributed by atoms with van der Waals surface area (Å²) in [6.07, 6.45) is 0.220.